The molecule has 112 valence electrons. The van der Waals surface area contributed by atoms with Crippen molar-refractivity contribution in [3.05, 3.63) is 42.0 Å². The van der Waals surface area contributed by atoms with Crippen LogP contribution in [0.1, 0.15) is 24.0 Å². The molecule has 1 saturated heterocycles. The standard InChI is InChI=1S/C15H21N5O/c1-13-7-14(9-16-8-13)10-19-5-2-3-15(21,11-19)12-20-6-4-17-18-20/h4,6-9,21H,2-3,5,10-12H2,1H3. The van der Waals surface area contributed by atoms with E-state index in [1.165, 1.54) is 11.1 Å². The number of likely N-dealkylation sites (tertiary alicyclic amines) is 1. The molecule has 3 rings (SSSR count). The van der Waals surface area contributed by atoms with Gasteiger partial charge < -0.3 is 5.11 Å². The first-order valence-electron chi connectivity index (χ1n) is 7.32. The molecular formula is C15H21N5O. The maximum absolute atomic E-state index is 10.8. The molecule has 21 heavy (non-hydrogen) atoms. The number of aromatic nitrogens is 4. The minimum Gasteiger partial charge on any atom is -0.387 e. The lowest BCUT2D eigenvalue weighted by Crippen LogP contribution is -2.50. The van der Waals surface area contributed by atoms with Crippen LogP contribution in [-0.2, 0) is 13.1 Å². The van der Waals surface area contributed by atoms with E-state index in [1.807, 2.05) is 19.3 Å². The quantitative estimate of drug-likeness (QED) is 0.909. The topological polar surface area (TPSA) is 67.1 Å². The van der Waals surface area contributed by atoms with Crippen molar-refractivity contribution in [2.24, 2.45) is 0 Å². The molecule has 1 aliphatic rings. The van der Waals surface area contributed by atoms with Crippen molar-refractivity contribution in [1.29, 1.82) is 0 Å². The average Bonchev–Trinajstić information content (AvgIpc) is 2.91. The molecule has 0 radical (unpaired) electrons. The molecule has 3 heterocycles. The molecule has 0 aromatic carbocycles. The van der Waals surface area contributed by atoms with Crippen LogP contribution in [0.2, 0.25) is 0 Å². The van der Waals surface area contributed by atoms with Gasteiger partial charge in [0, 0.05) is 31.7 Å². The van der Waals surface area contributed by atoms with Crippen LogP contribution in [0.5, 0.6) is 0 Å². The second kappa shape index (κ2) is 5.91. The Balaban J connectivity index is 1.65. The molecule has 2 aromatic rings. The molecule has 0 saturated carbocycles. The third kappa shape index (κ3) is 3.65. The predicted octanol–water partition coefficient (Wildman–Crippen LogP) is 1.01. The van der Waals surface area contributed by atoms with E-state index < -0.39 is 5.60 Å². The summed E-state index contributed by atoms with van der Waals surface area (Å²) in [5, 5.41) is 18.5. The van der Waals surface area contributed by atoms with Gasteiger partial charge in [0.25, 0.3) is 0 Å². The summed E-state index contributed by atoms with van der Waals surface area (Å²) in [5.41, 5.74) is 1.63. The third-order valence-electron chi connectivity index (χ3n) is 3.90. The zero-order valence-electron chi connectivity index (χ0n) is 12.3. The van der Waals surface area contributed by atoms with Crippen molar-refractivity contribution in [2.45, 2.75) is 38.5 Å². The van der Waals surface area contributed by atoms with Crippen molar-refractivity contribution >= 4 is 0 Å². The minimum absolute atomic E-state index is 0.496. The molecular weight excluding hydrogens is 266 g/mol. The largest absolute Gasteiger partial charge is 0.387 e. The van der Waals surface area contributed by atoms with E-state index in [9.17, 15) is 5.11 Å². The molecule has 1 atom stereocenters. The lowest BCUT2D eigenvalue weighted by molar-refractivity contribution is -0.0478. The van der Waals surface area contributed by atoms with Gasteiger partial charge in [0.15, 0.2) is 0 Å². The van der Waals surface area contributed by atoms with Gasteiger partial charge in [-0.05, 0) is 37.4 Å². The van der Waals surface area contributed by atoms with Crippen LogP contribution >= 0.6 is 0 Å². The van der Waals surface area contributed by atoms with Gasteiger partial charge in [-0.1, -0.05) is 11.3 Å². The van der Waals surface area contributed by atoms with Crippen LogP contribution in [-0.4, -0.2) is 48.7 Å². The van der Waals surface area contributed by atoms with E-state index in [-0.39, 0.29) is 0 Å². The first-order valence-corrected chi connectivity index (χ1v) is 7.32. The van der Waals surface area contributed by atoms with Gasteiger partial charge in [-0.25, -0.2) is 4.68 Å². The zero-order chi connectivity index (χ0) is 14.7. The normalized spacial score (nSPS) is 23.3. The highest BCUT2D eigenvalue weighted by Crippen LogP contribution is 2.24. The fraction of sp³-hybridized carbons (Fsp3) is 0.533. The SMILES string of the molecule is Cc1cncc(CN2CCCC(O)(Cn3ccnn3)C2)c1. The van der Waals surface area contributed by atoms with Crippen molar-refractivity contribution in [3.63, 3.8) is 0 Å². The number of aliphatic hydroxyl groups is 1. The number of hydrogen-bond acceptors (Lipinski definition) is 5. The smallest absolute Gasteiger partial charge is 0.0970 e. The minimum atomic E-state index is -0.733. The Morgan fingerprint density at radius 2 is 2.29 bits per heavy atom. The molecule has 0 spiro atoms. The van der Waals surface area contributed by atoms with Crippen molar-refractivity contribution in [3.8, 4) is 0 Å². The zero-order valence-corrected chi connectivity index (χ0v) is 12.3. The highest BCUT2D eigenvalue weighted by molar-refractivity contribution is 5.16. The van der Waals surface area contributed by atoms with E-state index in [4.69, 9.17) is 0 Å². The third-order valence-corrected chi connectivity index (χ3v) is 3.90. The molecule has 6 heteroatoms. The maximum Gasteiger partial charge on any atom is 0.0970 e. The monoisotopic (exact) mass is 287 g/mol. The number of β-amino-alcohol motifs (C(OH)–C–C–N with tert-alkyl or cyclic N) is 1. The molecule has 0 bridgehead atoms. The first-order chi connectivity index (χ1) is 10.1. The molecule has 1 aliphatic heterocycles. The van der Waals surface area contributed by atoms with Crippen LogP contribution in [0, 0.1) is 6.92 Å². The average molecular weight is 287 g/mol. The van der Waals surface area contributed by atoms with E-state index in [1.54, 1.807) is 17.1 Å². The van der Waals surface area contributed by atoms with E-state index in [2.05, 4.69) is 26.3 Å². The number of pyridine rings is 1. The summed E-state index contributed by atoms with van der Waals surface area (Å²) in [6.45, 7) is 5.03. The van der Waals surface area contributed by atoms with Gasteiger partial charge >= 0.3 is 0 Å². The predicted molar refractivity (Wildman–Crippen MR) is 78.5 cm³/mol. The number of nitrogens with zero attached hydrogens (tertiary/aromatic N) is 5. The van der Waals surface area contributed by atoms with Crippen LogP contribution in [0.15, 0.2) is 30.9 Å². The summed E-state index contributed by atoms with van der Waals surface area (Å²) in [6, 6.07) is 2.15. The fourth-order valence-corrected chi connectivity index (χ4v) is 3.05. The van der Waals surface area contributed by atoms with Crippen molar-refractivity contribution in [1.82, 2.24) is 24.9 Å². The summed E-state index contributed by atoms with van der Waals surface area (Å²) < 4.78 is 1.71. The summed E-state index contributed by atoms with van der Waals surface area (Å²) in [5.74, 6) is 0. The second-order valence-electron chi connectivity index (χ2n) is 6.01. The van der Waals surface area contributed by atoms with Crippen molar-refractivity contribution < 1.29 is 5.11 Å². The van der Waals surface area contributed by atoms with Gasteiger partial charge in [-0.2, -0.15) is 0 Å². The van der Waals surface area contributed by atoms with E-state index >= 15 is 0 Å². The molecule has 1 N–H and O–H groups in total. The highest BCUT2D eigenvalue weighted by atomic mass is 16.3. The second-order valence-corrected chi connectivity index (χ2v) is 6.01. The van der Waals surface area contributed by atoms with E-state index in [0.717, 1.165) is 25.9 Å². The maximum atomic E-state index is 10.8. The molecule has 6 nitrogen and oxygen atoms in total. The van der Waals surface area contributed by atoms with Crippen molar-refractivity contribution in [2.75, 3.05) is 13.1 Å². The lowest BCUT2D eigenvalue weighted by atomic mass is 9.92. The molecule has 0 aliphatic carbocycles. The number of rotatable bonds is 4. The molecule has 2 aromatic heterocycles. The Hall–Kier alpha value is -1.79. The van der Waals surface area contributed by atoms with Gasteiger partial charge in [-0.3, -0.25) is 9.88 Å². The fourth-order valence-electron chi connectivity index (χ4n) is 3.05. The van der Waals surface area contributed by atoms with E-state index in [0.29, 0.717) is 13.1 Å². The molecule has 1 unspecified atom stereocenters. The number of hydrogen-bond donors (Lipinski definition) is 1. The Morgan fingerprint density at radius 3 is 3.05 bits per heavy atom. The molecule has 0 amide bonds. The number of piperidine rings is 1. The van der Waals surface area contributed by atoms with Gasteiger partial charge in [0.05, 0.1) is 18.3 Å². The molecule has 1 fully saturated rings. The first kappa shape index (κ1) is 14.2. The van der Waals surface area contributed by atoms with Gasteiger partial charge in [0.2, 0.25) is 0 Å². The van der Waals surface area contributed by atoms with Crippen LogP contribution in [0.25, 0.3) is 0 Å². The Labute approximate surface area is 124 Å². The number of aryl methyl sites for hydroxylation is 1. The summed E-state index contributed by atoms with van der Waals surface area (Å²) in [7, 11) is 0. The van der Waals surface area contributed by atoms with Crippen LogP contribution < -0.4 is 0 Å². The van der Waals surface area contributed by atoms with Crippen LogP contribution in [0.3, 0.4) is 0 Å². The highest BCUT2D eigenvalue weighted by Gasteiger charge is 2.33. The Morgan fingerprint density at radius 1 is 1.38 bits per heavy atom. The Kier molecular flexibility index (Phi) is 3.98. The van der Waals surface area contributed by atoms with Crippen LogP contribution in [0.4, 0.5) is 0 Å². The Bertz CT molecular complexity index is 586. The van der Waals surface area contributed by atoms with Gasteiger partial charge in [-0.15, -0.1) is 5.10 Å². The lowest BCUT2D eigenvalue weighted by Gasteiger charge is -2.39. The summed E-state index contributed by atoms with van der Waals surface area (Å²) in [4.78, 5) is 6.52. The van der Waals surface area contributed by atoms with Gasteiger partial charge in [0.1, 0.15) is 0 Å². The summed E-state index contributed by atoms with van der Waals surface area (Å²) in [6.07, 6.45) is 8.99. The summed E-state index contributed by atoms with van der Waals surface area (Å²) >= 11 is 0.